The van der Waals surface area contributed by atoms with Crippen LogP contribution in [0.3, 0.4) is 0 Å². The molecule has 6 heteroatoms. The topological polar surface area (TPSA) is 99.9 Å². The highest BCUT2D eigenvalue weighted by Gasteiger charge is 2.11. The normalized spacial score (nSPS) is 10.7. The zero-order valence-electron chi connectivity index (χ0n) is 10.9. The molecule has 4 N–H and O–H groups in total. The standard InChI is InChI=1S/C14H13N5O/c1-20-11-5-4-8(9-3-2-6-17-13(9)11)10-7-12(15)19-14(16)18-10/h2-7H,1H3,(H4,15,16,18,19). The summed E-state index contributed by atoms with van der Waals surface area (Å²) in [6.07, 6.45) is 1.72. The molecule has 0 saturated carbocycles. The monoisotopic (exact) mass is 267 g/mol. The molecule has 6 nitrogen and oxygen atoms in total. The van der Waals surface area contributed by atoms with E-state index in [2.05, 4.69) is 15.0 Å². The summed E-state index contributed by atoms with van der Waals surface area (Å²) < 4.78 is 5.32. The van der Waals surface area contributed by atoms with Crippen LogP contribution in [0.1, 0.15) is 0 Å². The number of pyridine rings is 1. The van der Waals surface area contributed by atoms with Gasteiger partial charge in [0, 0.05) is 23.2 Å². The van der Waals surface area contributed by atoms with Crippen LogP contribution in [-0.4, -0.2) is 22.1 Å². The van der Waals surface area contributed by atoms with Gasteiger partial charge in [-0.1, -0.05) is 6.07 Å². The van der Waals surface area contributed by atoms with Crippen LogP contribution in [0.15, 0.2) is 36.5 Å². The highest BCUT2D eigenvalue weighted by Crippen LogP contribution is 2.32. The molecule has 0 saturated heterocycles. The molecule has 3 aromatic rings. The lowest BCUT2D eigenvalue weighted by Gasteiger charge is -2.10. The van der Waals surface area contributed by atoms with Crippen LogP contribution in [0.25, 0.3) is 22.2 Å². The van der Waals surface area contributed by atoms with Crippen LogP contribution in [0.5, 0.6) is 5.75 Å². The lowest BCUT2D eigenvalue weighted by molar-refractivity contribution is 0.419. The minimum Gasteiger partial charge on any atom is -0.494 e. The third kappa shape index (κ3) is 1.97. The number of fused-ring (bicyclic) bond motifs is 1. The molecule has 20 heavy (non-hydrogen) atoms. The number of benzene rings is 1. The second-order valence-electron chi connectivity index (χ2n) is 4.25. The molecule has 3 rings (SSSR count). The van der Waals surface area contributed by atoms with Crippen LogP contribution in [0.2, 0.25) is 0 Å². The molecule has 0 radical (unpaired) electrons. The molecule has 0 fully saturated rings. The van der Waals surface area contributed by atoms with Gasteiger partial charge in [-0.3, -0.25) is 4.98 Å². The van der Waals surface area contributed by atoms with Crippen molar-refractivity contribution in [3.05, 3.63) is 36.5 Å². The van der Waals surface area contributed by atoms with E-state index in [1.54, 1.807) is 19.4 Å². The molecule has 0 aliphatic heterocycles. The minimum absolute atomic E-state index is 0.146. The van der Waals surface area contributed by atoms with E-state index in [1.807, 2.05) is 24.3 Å². The molecule has 0 amide bonds. The summed E-state index contributed by atoms with van der Waals surface area (Å²) in [6.45, 7) is 0. The Kier molecular flexibility index (Phi) is 2.83. The van der Waals surface area contributed by atoms with E-state index in [0.29, 0.717) is 17.3 Å². The van der Waals surface area contributed by atoms with E-state index >= 15 is 0 Å². The van der Waals surface area contributed by atoms with E-state index < -0.39 is 0 Å². The Morgan fingerprint density at radius 1 is 1.10 bits per heavy atom. The maximum atomic E-state index is 5.73. The Bertz CT molecular complexity index is 767. The summed E-state index contributed by atoms with van der Waals surface area (Å²) in [5.74, 6) is 1.19. The third-order valence-corrected chi connectivity index (χ3v) is 2.99. The van der Waals surface area contributed by atoms with Crippen molar-refractivity contribution in [1.82, 2.24) is 15.0 Å². The fourth-order valence-electron chi connectivity index (χ4n) is 2.16. The van der Waals surface area contributed by atoms with Crippen molar-refractivity contribution >= 4 is 22.7 Å². The fraction of sp³-hybridized carbons (Fsp3) is 0.0714. The largest absolute Gasteiger partial charge is 0.494 e. The summed E-state index contributed by atoms with van der Waals surface area (Å²) in [4.78, 5) is 12.5. The van der Waals surface area contributed by atoms with E-state index in [1.165, 1.54) is 0 Å². The van der Waals surface area contributed by atoms with Crippen LogP contribution in [-0.2, 0) is 0 Å². The van der Waals surface area contributed by atoms with E-state index in [-0.39, 0.29) is 5.95 Å². The number of aromatic nitrogens is 3. The number of nitrogens with zero attached hydrogens (tertiary/aromatic N) is 3. The van der Waals surface area contributed by atoms with E-state index in [0.717, 1.165) is 16.5 Å². The first-order valence-electron chi connectivity index (χ1n) is 6.01. The zero-order valence-corrected chi connectivity index (χ0v) is 10.9. The summed E-state index contributed by atoms with van der Waals surface area (Å²) in [6, 6.07) is 9.25. The second-order valence-corrected chi connectivity index (χ2v) is 4.25. The van der Waals surface area contributed by atoms with Crippen LogP contribution in [0.4, 0.5) is 11.8 Å². The number of nitrogens with two attached hydrogens (primary N) is 2. The molecule has 0 aliphatic carbocycles. The number of rotatable bonds is 2. The lowest BCUT2D eigenvalue weighted by atomic mass is 10.0. The van der Waals surface area contributed by atoms with E-state index in [4.69, 9.17) is 16.2 Å². The van der Waals surface area contributed by atoms with Gasteiger partial charge in [0.25, 0.3) is 0 Å². The van der Waals surface area contributed by atoms with Gasteiger partial charge in [-0.15, -0.1) is 0 Å². The summed E-state index contributed by atoms with van der Waals surface area (Å²) in [5, 5.41) is 0.921. The van der Waals surface area contributed by atoms with Gasteiger partial charge in [-0.05, 0) is 18.2 Å². The molecule has 100 valence electrons. The van der Waals surface area contributed by atoms with Crippen molar-refractivity contribution in [2.75, 3.05) is 18.6 Å². The average Bonchev–Trinajstić information content (AvgIpc) is 2.45. The molecule has 2 aromatic heterocycles. The SMILES string of the molecule is COc1ccc(-c2cc(N)nc(N)n2)c2cccnc12. The van der Waals surface area contributed by atoms with Gasteiger partial charge >= 0.3 is 0 Å². The Labute approximate surface area is 115 Å². The van der Waals surface area contributed by atoms with Crippen molar-refractivity contribution in [1.29, 1.82) is 0 Å². The first kappa shape index (κ1) is 12.2. The van der Waals surface area contributed by atoms with Crippen LogP contribution < -0.4 is 16.2 Å². The van der Waals surface area contributed by atoms with Gasteiger partial charge in [0.05, 0.1) is 12.8 Å². The van der Waals surface area contributed by atoms with Gasteiger partial charge in [0.1, 0.15) is 17.1 Å². The predicted molar refractivity (Wildman–Crippen MR) is 78.1 cm³/mol. The molecule has 0 spiro atoms. The Hall–Kier alpha value is -2.89. The molecular weight excluding hydrogens is 254 g/mol. The zero-order chi connectivity index (χ0) is 14.1. The van der Waals surface area contributed by atoms with Gasteiger partial charge < -0.3 is 16.2 Å². The lowest BCUT2D eigenvalue weighted by Crippen LogP contribution is -2.01. The Morgan fingerprint density at radius 3 is 2.70 bits per heavy atom. The van der Waals surface area contributed by atoms with Gasteiger partial charge in [-0.2, -0.15) is 4.98 Å². The predicted octanol–water partition coefficient (Wildman–Crippen LogP) is 1.86. The molecule has 0 bridgehead atoms. The van der Waals surface area contributed by atoms with Crippen molar-refractivity contribution in [3.63, 3.8) is 0 Å². The van der Waals surface area contributed by atoms with Crippen molar-refractivity contribution in [3.8, 4) is 17.0 Å². The highest BCUT2D eigenvalue weighted by molar-refractivity contribution is 5.97. The molecule has 1 aromatic carbocycles. The Balaban J connectivity index is 2.31. The number of methoxy groups -OCH3 is 1. The second kappa shape index (κ2) is 4.65. The number of ether oxygens (including phenoxy) is 1. The Morgan fingerprint density at radius 2 is 1.95 bits per heavy atom. The first-order valence-corrected chi connectivity index (χ1v) is 6.01. The molecule has 0 atom stereocenters. The van der Waals surface area contributed by atoms with Gasteiger partial charge in [-0.25, -0.2) is 4.98 Å². The molecule has 2 heterocycles. The molecule has 0 aliphatic rings. The van der Waals surface area contributed by atoms with Crippen molar-refractivity contribution in [2.24, 2.45) is 0 Å². The van der Waals surface area contributed by atoms with Crippen molar-refractivity contribution < 1.29 is 4.74 Å². The summed E-state index contributed by atoms with van der Waals surface area (Å²) in [5.41, 5.74) is 13.7. The maximum Gasteiger partial charge on any atom is 0.222 e. The molecule has 0 unspecified atom stereocenters. The maximum absolute atomic E-state index is 5.73. The quantitative estimate of drug-likeness (QED) is 0.735. The average molecular weight is 267 g/mol. The van der Waals surface area contributed by atoms with Crippen LogP contribution in [0, 0.1) is 0 Å². The van der Waals surface area contributed by atoms with Gasteiger partial charge in [0.15, 0.2) is 0 Å². The number of hydrogen-bond donors (Lipinski definition) is 2. The first-order chi connectivity index (χ1) is 9.69. The van der Waals surface area contributed by atoms with Gasteiger partial charge in [0.2, 0.25) is 5.95 Å². The van der Waals surface area contributed by atoms with Crippen molar-refractivity contribution in [2.45, 2.75) is 0 Å². The smallest absolute Gasteiger partial charge is 0.222 e. The number of anilines is 2. The van der Waals surface area contributed by atoms with Crippen LogP contribution >= 0.6 is 0 Å². The number of hydrogen-bond acceptors (Lipinski definition) is 6. The summed E-state index contributed by atoms with van der Waals surface area (Å²) >= 11 is 0. The summed E-state index contributed by atoms with van der Waals surface area (Å²) in [7, 11) is 1.61. The highest BCUT2D eigenvalue weighted by atomic mass is 16.5. The minimum atomic E-state index is 0.146. The third-order valence-electron chi connectivity index (χ3n) is 2.99. The molecular formula is C14H13N5O. The van der Waals surface area contributed by atoms with E-state index in [9.17, 15) is 0 Å². The number of nitrogen functional groups attached to an aromatic ring is 2. The fourth-order valence-corrected chi connectivity index (χ4v) is 2.16.